The van der Waals surface area contributed by atoms with Gasteiger partial charge in [0, 0.05) is 18.1 Å². The molecule has 6 heteroatoms. The second kappa shape index (κ2) is 7.77. The molecule has 0 spiro atoms. The predicted octanol–water partition coefficient (Wildman–Crippen LogP) is 3.01. The minimum absolute atomic E-state index is 0.0398. The summed E-state index contributed by atoms with van der Waals surface area (Å²) in [6.45, 7) is 0.397. The summed E-state index contributed by atoms with van der Waals surface area (Å²) < 4.78 is 12.8. The van der Waals surface area contributed by atoms with Gasteiger partial charge in [-0.3, -0.25) is 0 Å². The van der Waals surface area contributed by atoms with Crippen molar-refractivity contribution in [2.75, 3.05) is 6.54 Å². The maximum atomic E-state index is 12.8. The molecule has 0 aliphatic rings. The first kappa shape index (κ1) is 16.3. The van der Waals surface area contributed by atoms with Crippen molar-refractivity contribution >= 4 is 17.6 Å². The summed E-state index contributed by atoms with van der Waals surface area (Å²) in [4.78, 5) is 11.7. The van der Waals surface area contributed by atoms with Gasteiger partial charge >= 0.3 is 6.03 Å². The van der Waals surface area contributed by atoms with E-state index in [0.29, 0.717) is 17.1 Å². The molecule has 3 N–H and O–H groups in total. The van der Waals surface area contributed by atoms with Gasteiger partial charge in [0.05, 0.1) is 6.10 Å². The summed E-state index contributed by atoms with van der Waals surface area (Å²) in [7, 11) is 0. The van der Waals surface area contributed by atoms with Crippen LogP contribution in [0.5, 0.6) is 0 Å². The van der Waals surface area contributed by atoms with E-state index in [1.165, 1.54) is 24.3 Å². The predicted molar refractivity (Wildman–Crippen MR) is 83.1 cm³/mol. The molecule has 0 heterocycles. The van der Waals surface area contributed by atoms with E-state index in [4.69, 9.17) is 11.6 Å². The van der Waals surface area contributed by atoms with E-state index < -0.39 is 12.1 Å². The van der Waals surface area contributed by atoms with Crippen molar-refractivity contribution in [1.29, 1.82) is 0 Å². The number of urea groups is 1. The number of carbonyl (C=O) groups excluding carboxylic acids is 1. The van der Waals surface area contributed by atoms with Crippen LogP contribution in [0.3, 0.4) is 0 Å². The molecule has 2 amide bonds. The van der Waals surface area contributed by atoms with Crippen molar-refractivity contribution in [3.8, 4) is 0 Å². The molecule has 2 rings (SSSR count). The van der Waals surface area contributed by atoms with Crippen molar-refractivity contribution in [1.82, 2.24) is 10.6 Å². The quantitative estimate of drug-likeness (QED) is 0.792. The highest BCUT2D eigenvalue weighted by Gasteiger charge is 2.09. The van der Waals surface area contributed by atoms with Gasteiger partial charge < -0.3 is 15.7 Å². The summed E-state index contributed by atoms with van der Waals surface area (Å²) in [5, 5.41) is 15.8. The van der Waals surface area contributed by atoms with Crippen molar-refractivity contribution in [2.24, 2.45) is 0 Å². The highest BCUT2D eigenvalue weighted by molar-refractivity contribution is 6.30. The molecule has 1 atom stereocenters. The van der Waals surface area contributed by atoms with Gasteiger partial charge in [-0.1, -0.05) is 35.9 Å². The van der Waals surface area contributed by atoms with Gasteiger partial charge in [0.15, 0.2) is 0 Å². The lowest BCUT2D eigenvalue weighted by molar-refractivity contribution is 0.173. The summed E-state index contributed by atoms with van der Waals surface area (Å²) in [6, 6.07) is 12.2. The number of aliphatic hydroxyl groups is 1. The Balaban J connectivity index is 1.75. The van der Waals surface area contributed by atoms with E-state index in [-0.39, 0.29) is 12.4 Å². The minimum Gasteiger partial charge on any atom is -0.387 e. The summed E-state index contributed by atoms with van der Waals surface area (Å²) in [5.41, 5.74) is 1.46. The lowest BCUT2D eigenvalue weighted by Crippen LogP contribution is -2.37. The first-order valence-corrected chi connectivity index (χ1v) is 7.12. The molecular formula is C16H16ClFN2O2. The zero-order chi connectivity index (χ0) is 15.9. The summed E-state index contributed by atoms with van der Waals surface area (Å²) in [6.07, 6.45) is -0.887. The smallest absolute Gasteiger partial charge is 0.315 e. The van der Waals surface area contributed by atoms with Gasteiger partial charge in [-0.2, -0.15) is 0 Å². The molecule has 0 saturated carbocycles. The monoisotopic (exact) mass is 322 g/mol. The number of rotatable bonds is 5. The average Bonchev–Trinajstić information content (AvgIpc) is 2.52. The third-order valence-corrected chi connectivity index (χ3v) is 3.33. The zero-order valence-electron chi connectivity index (χ0n) is 11.7. The first-order chi connectivity index (χ1) is 10.5. The van der Waals surface area contributed by atoms with E-state index in [0.717, 1.165) is 5.56 Å². The van der Waals surface area contributed by atoms with E-state index in [1.807, 2.05) is 12.1 Å². The Morgan fingerprint density at radius 3 is 2.36 bits per heavy atom. The Morgan fingerprint density at radius 2 is 1.73 bits per heavy atom. The maximum Gasteiger partial charge on any atom is 0.315 e. The van der Waals surface area contributed by atoms with Crippen molar-refractivity contribution in [3.63, 3.8) is 0 Å². The molecule has 0 aliphatic heterocycles. The fourth-order valence-electron chi connectivity index (χ4n) is 1.84. The van der Waals surface area contributed by atoms with E-state index in [2.05, 4.69) is 10.6 Å². The van der Waals surface area contributed by atoms with Gasteiger partial charge in [-0.05, 0) is 35.4 Å². The summed E-state index contributed by atoms with van der Waals surface area (Å²) in [5.74, 6) is -0.371. The van der Waals surface area contributed by atoms with Gasteiger partial charge in [0.2, 0.25) is 0 Å². The van der Waals surface area contributed by atoms with Crippen LogP contribution in [0.2, 0.25) is 5.02 Å². The highest BCUT2D eigenvalue weighted by Crippen LogP contribution is 2.12. The highest BCUT2D eigenvalue weighted by atomic mass is 35.5. The van der Waals surface area contributed by atoms with Gasteiger partial charge in [0.25, 0.3) is 0 Å². The third-order valence-electron chi connectivity index (χ3n) is 3.08. The number of hydrogen-bond donors (Lipinski definition) is 3. The average molecular weight is 323 g/mol. The summed E-state index contributed by atoms with van der Waals surface area (Å²) >= 11 is 5.78. The molecule has 2 aromatic carbocycles. The second-order valence-electron chi connectivity index (χ2n) is 4.76. The fraction of sp³-hybridized carbons (Fsp3) is 0.188. The first-order valence-electron chi connectivity index (χ1n) is 6.74. The molecule has 0 radical (unpaired) electrons. The van der Waals surface area contributed by atoms with Crippen molar-refractivity contribution in [2.45, 2.75) is 12.6 Å². The van der Waals surface area contributed by atoms with Gasteiger partial charge in [0.1, 0.15) is 5.82 Å². The SMILES string of the molecule is O=C(NCc1ccc(Cl)cc1)NCC(O)c1ccc(F)cc1. The number of aliphatic hydroxyl groups excluding tert-OH is 1. The van der Waals surface area contributed by atoms with Crippen LogP contribution in [0, 0.1) is 5.82 Å². The van der Waals surface area contributed by atoms with Crippen LogP contribution >= 0.6 is 11.6 Å². The number of nitrogens with one attached hydrogen (secondary N) is 2. The molecule has 0 aliphatic carbocycles. The Bertz CT molecular complexity index is 617. The maximum absolute atomic E-state index is 12.8. The lowest BCUT2D eigenvalue weighted by Gasteiger charge is -2.13. The number of hydrogen-bond acceptors (Lipinski definition) is 2. The molecule has 0 fully saturated rings. The molecule has 116 valence electrons. The largest absolute Gasteiger partial charge is 0.387 e. The molecule has 0 bridgehead atoms. The van der Waals surface area contributed by atoms with Crippen LogP contribution < -0.4 is 10.6 Å². The van der Waals surface area contributed by atoms with Crippen LogP contribution in [-0.4, -0.2) is 17.7 Å². The topological polar surface area (TPSA) is 61.4 Å². The second-order valence-corrected chi connectivity index (χ2v) is 5.19. The molecule has 0 aromatic heterocycles. The van der Waals surface area contributed by atoms with Gasteiger partial charge in [-0.15, -0.1) is 0 Å². The number of benzene rings is 2. The Kier molecular flexibility index (Phi) is 5.75. The zero-order valence-corrected chi connectivity index (χ0v) is 12.5. The van der Waals surface area contributed by atoms with Crippen LogP contribution in [0.25, 0.3) is 0 Å². The molecule has 2 aromatic rings. The molecule has 4 nitrogen and oxygen atoms in total. The van der Waals surface area contributed by atoms with Crippen LogP contribution in [0.4, 0.5) is 9.18 Å². The lowest BCUT2D eigenvalue weighted by atomic mass is 10.1. The minimum atomic E-state index is -0.887. The Labute approximate surface area is 132 Å². The Morgan fingerprint density at radius 1 is 1.09 bits per heavy atom. The van der Waals surface area contributed by atoms with Crippen LogP contribution in [0.15, 0.2) is 48.5 Å². The van der Waals surface area contributed by atoms with Gasteiger partial charge in [-0.25, -0.2) is 9.18 Å². The standard InChI is InChI=1S/C16H16ClFN2O2/c17-13-5-1-11(2-6-13)9-19-16(22)20-10-15(21)12-3-7-14(18)8-4-12/h1-8,15,21H,9-10H2,(H2,19,20,22). The molecule has 22 heavy (non-hydrogen) atoms. The number of carbonyl (C=O) groups is 1. The van der Waals surface area contributed by atoms with Crippen LogP contribution in [0.1, 0.15) is 17.2 Å². The molecule has 0 saturated heterocycles. The van der Waals surface area contributed by atoms with E-state index in [1.54, 1.807) is 12.1 Å². The number of amides is 2. The van der Waals surface area contributed by atoms with Crippen molar-refractivity contribution in [3.05, 3.63) is 70.5 Å². The molecule has 1 unspecified atom stereocenters. The Hall–Kier alpha value is -2.11. The third kappa shape index (κ3) is 5.02. The van der Waals surface area contributed by atoms with E-state index >= 15 is 0 Å². The van der Waals surface area contributed by atoms with Crippen molar-refractivity contribution < 1.29 is 14.3 Å². The molecular weight excluding hydrogens is 307 g/mol. The van der Waals surface area contributed by atoms with E-state index in [9.17, 15) is 14.3 Å². The normalized spacial score (nSPS) is 11.8. The van der Waals surface area contributed by atoms with Crippen LogP contribution in [-0.2, 0) is 6.54 Å². The number of halogens is 2. The fourth-order valence-corrected chi connectivity index (χ4v) is 1.97.